The number of nitrogens with zero attached hydrogens (tertiary/aromatic N) is 2. The molecule has 21 heavy (non-hydrogen) atoms. The van der Waals surface area contributed by atoms with E-state index in [0.717, 1.165) is 36.8 Å². The molecule has 0 amide bonds. The Morgan fingerprint density at radius 3 is 2.81 bits per heavy atom. The van der Waals surface area contributed by atoms with Gasteiger partial charge in [-0.3, -0.25) is 10.1 Å². The maximum atomic E-state index is 11.1. The second-order valence-corrected chi connectivity index (χ2v) is 5.16. The molecule has 0 aliphatic carbocycles. The van der Waals surface area contributed by atoms with Gasteiger partial charge in [-0.05, 0) is 37.4 Å². The van der Waals surface area contributed by atoms with Crippen LogP contribution in [0.25, 0.3) is 10.9 Å². The Balaban J connectivity index is 2.36. The van der Waals surface area contributed by atoms with Crippen LogP contribution in [0.1, 0.15) is 32.3 Å². The SMILES string of the molecule is CCCNC(CC)Cc1ccnc2c([N+](=O)[O-])cccc12. The van der Waals surface area contributed by atoms with Crippen molar-refractivity contribution in [2.45, 2.75) is 39.2 Å². The fraction of sp³-hybridized carbons (Fsp3) is 0.438. The van der Waals surface area contributed by atoms with Crippen LogP contribution in [0.15, 0.2) is 30.5 Å². The number of nitro groups is 1. The van der Waals surface area contributed by atoms with E-state index in [1.807, 2.05) is 12.1 Å². The van der Waals surface area contributed by atoms with E-state index in [0.29, 0.717) is 11.6 Å². The second kappa shape index (κ2) is 7.13. The van der Waals surface area contributed by atoms with Gasteiger partial charge < -0.3 is 5.32 Å². The number of pyridine rings is 1. The fourth-order valence-electron chi connectivity index (χ4n) is 2.52. The third-order valence-electron chi connectivity index (χ3n) is 3.68. The lowest BCUT2D eigenvalue weighted by atomic mass is 10.00. The zero-order valence-electron chi connectivity index (χ0n) is 12.5. The van der Waals surface area contributed by atoms with Crippen molar-refractivity contribution in [3.63, 3.8) is 0 Å². The average Bonchev–Trinajstić information content (AvgIpc) is 2.50. The average molecular weight is 287 g/mol. The lowest BCUT2D eigenvalue weighted by Crippen LogP contribution is -2.31. The summed E-state index contributed by atoms with van der Waals surface area (Å²) in [4.78, 5) is 14.9. The highest BCUT2D eigenvalue weighted by molar-refractivity contribution is 5.89. The van der Waals surface area contributed by atoms with Gasteiger partial charge in [-0.2, -0.15) is 0 Å². The molecule has 1 aromatic carbocycles. The van der Waals surface area contributed by atoms with Crippen molar-refractivity contribution in [1.29, 1.82) is 0 Å². The van der Waals surface area contributed by atoms with Crippen molar-refractivity contribution >= 4 is 16.6 Å². The van der Waals surface area contributed by atoms with Crippen LogP contribution in [0.5, 0.6) is 0 Å². The van der Waals surface area contributed by atoms with E-state index in [1.165, 1.54) is 6.07 Å². The molecule has 112 valence electrons. The summed E-state index contributed by atoms with van der Waals surface area (Å²) in [5.74, 6) is 0. The maximum Gasteiger partial charge on any atom is 0.295 e. The third kappa shape index (κ3) is 3.55. The van der Waals surface area contributed by atoms with Crippen molar-refractivity contribution in [2.24, 2.45) is 0 Å². The molecule has 1 atom stereocenters. The number of hydrogen-bond acceptors (Lipinski definition) is 4. The van der Waals surface area contributed by atoms with E-state index in [2.05, 4.69) is 24.1 Å². The smallest absolute Gasteiger partial charge is 0.295 e. The highest BCUT2D eigenvalue weighted by atomic mass is 16.6. The molecule has 2 rings (SSSR count). The highest BCUT2D eigenvalue weighted by Crippen LogP contribution is 2.26. The van der Waals surface area contributed by atoms with Crippen LogP contribution in [0, 0.1) is 10.1 Å². The van der Waals surface area contributed by atoms with E-state index >= 15 is 0 Å². The quantitative estimate of drug-likeness (QED) is 0.625. The first-order valence-corrected chi connectivity index (χ1v) is 7.41. The van der Waals surface area contributed by atoms with E-state index < -0.39 is 0 Å². The van der Waals surface area contributed by atoms with Crippen molar-refractivity contribution < 1.29 is 4.92 Å². The normalized spacial score (nSPS) is 12.5. The summed E-state index contributed by atoms with van der Waals surface area (Å²) in [6, 6.07) is 7.49. The number of para-hydroxylation sites is 1. The van der Waals surface area contributed by atoms with Gasteiger partial charge in [0.1, 0.15) is 5.52 Å². The number of benzene rings is 1. The summed E-state index contributed by atoms with van der Waals surface area (Å²) in [5, 5.41) is 15.5. The Hall–Kier alpha value is -2.01. The minimum absolute atomic E-state index is 0.0731. The van der Waals surface area contributed by atoms with Crippen LogP contribution in [0.4, 0.5) is 5.69 Å². The van der Waals surface area contributed by atoms with Crippen LogP contribution in [0.3, 0.4) is 0 Å². The summed E-state index contributed by atoms with van der Waals surface area (Å²) in [5.41, 5.74) is 1.66. The molecule has 1 heterocycles. The first kappa shape index (κ1) is 15.4. The Morgan fingerprint density at radius 1 is 1.33 bits per heavy atom. The molecule has 0 saturated carbocycles. The zero-order valence-corrected chi connectivity index (χ0v) is 12.5. The second-order valence-electron chi connectivity index (χ2n) is 5.16. The molecule has 1 aromatic heterocycles. The number of hydrogen-bond donors (Lipinski definition) is 1. The number of rotatable bonds is 7. The molecule has 0 bridgehead atoms. The standard InChI is InChI=1S/C16H21N3O2/c1-3-9-17-13(4-2)11-12-8-10-18-16-14(12)6-5-7-15(16)19(20)21/h5-8,10,13,17H,3-4,9,11H2,1-2H3. The summed E-state index contributed by atoms with van der Waals surface area (Å²) < 4.78 is 0. The van der Waals surface area contributed by atoms with Gasteiger partial charge in [-0.25, -0.2) is 4.98 Å². The van der Waals surface area contributed by atoms with Crippen molar-refractivity contribution in [2.75, 3.05) is 6.54 Å². The summed E-state index contributed by atoms with van der Waals surface area (Å²) >= 11 is 0. The number of non-ortho nitro benzene ring substituents is 1. The first-order chi connectivity index (χ1) is 10.2. The molecular weight excluding hydrogens is 266 g/mol. The Bertz CT molecular complexity index is 628. The van der Waals surface area contributed by atoms with Gasteiger partial charge in [0.25, 0.3) is 5.69 Å². The zero-order chi connectivity index (χ0) is 15.2. The molecule has 0 radical (unpaired) electrons. The lowest BCUT2D eigenvalue weighted by Gasteiger charge is -2.17. The van der Waals surface area contributed by atoms with Gasteiger partial charge >= 0.3 is 0 Å². The summed E-state index contributed by atoms with van der Waals surface area (Å²) in [6.07, 6.45) is 4.64. The summed E-state index contributed by atoms with van der Waals surface area (Å²) in [6.45, 7) is 5.28. The molecule has 0 saturated heterocycles. The van der Waals surface area contributed by atoms with E-state index in [9.17, 15) is 10.1 Å². The molecular formula is C16H21N3O2. The van der Waals surface area contributed by atoms with Gasteiger partial charge in [-0.15, -0.1) is 0 Å². The van der Waals surface area contributed by atoms with Gasteiger partial charge in [-0.1, -0.05) is 26.0 Å². The Labute approximate surface area is 124 Å². The van der Waals surface area contributed by atoms with Gasteiger partial charge in [0.2, 0.25) is 0 Å². The van der Waals surface area contributed by atoms with E-state index in [4.69, 9.17) is 0 Å². The van der Waals surface area contributed by atoms with Crippen LogP contribution in [-0.4, -0.2) is 22.5 Å². The molecule has 0 fully saturated rings. The van der Waals surface area contributed by atoms with E-state index in [-0.39, 0.29) is 10.6 Å². The van der Waals surface area contributed by atoms with Crippen molar-refractivity contribution in [1.82, 2.24) is 10.3 Å². The van der Waals surface area contributed by atoms with Crippen LogP contribution in [-0.2, 0) is 6.42 Å². The topological polar surface area (TPSA) is 68.1 Å². The van der Waals surface area contributed by atoms with E-state index in [1.54, 1.807) is 12.3 Å². The molecule has 2 aromatic rings. The fourth-order valence-corrected chi connectivity index (χ4v) is 2.52. The molecule has 5 heteroatoms. The van der Waals surface area contributed by atoms with Crippen molar-refractivity contribution in [3.05, 3.63) is 46.1 Å². The predicted molar refractivity (Wildman–Crippen MR) is 84.5 cm³/mol. The Morgan fingerprint density at radius 2 is 2.14 bits per heavy atom. The summed E-state index contributed by atoms with van der Waals surface area (Å²) in [7, 11) is 0. The van der Waals surface area contributed by atoms with Gasteiger partial charge in [0.15, 0.2) is 0 Å². The first-order valence-electron chi connectivity index (χ1n) is 7.41. The lowest BCUT2D eigenvalue weighted by molar-refractivity contribution is -0.383. The minimum Gasteiger partial charge on any atom is -0.314 e. The molecule has 0 aliphatic rings. The number of fused-ring (bicyclic) bond motifs is 1. The van der Waals surface area contributed by atoms with Gasteiger partial charge in [0.05, 0.1) is 4.92 Å². The molecule has 1 N–H and O–H groups in total. The third-order valence-corrected chi connectivity index (χ3v) is 3.68. The predicted octanol–water partition coefficient (Wildman–Crippen LogP) is 3.46. The van der Waals surface area contributed by atoms with Crippen molar-refractivity contribution in [3.8, 4) is 0 Å². The number of nitrogens with one attached hydrogen (secondary N) is 1. The van der Waals surface area contributed by atoms with Crippen LogP contribution < -0.4 is 5.32 Å². The molecule has 5 nitrogen and oxygen atoms in total. The van der Waals surface area contributed by atoms with Gasteiger partial charge in [0, 0.05) is 23.7 Å². The minimum atomic E-state index is -0.369. The highest BCUT2D eigenvalue weighted by Gasteiger charge is 2.16. The van der Waals surface area contributed by atoms with Crippen LogP contribution in [0.2, 0.25) is 0 Å². The number of aromatic nitrogens is 1. The molecule has 0 spiro atoms. The monoisotopic (exact) mass is 287 g/mol. The molecule has 1 unspecified atom stereocenters. The molecule has 0 aliphatic heterocycles. The van der Waals surface area contributed by atoms with Crippen LogP contribution >= 0.6 is 0 Å². The number of nitro benzene ring substituents is 1. The largest absolute Gasteiger partial charge is 0.314 e. The Kier molecular flexibility index (Phi) is 5.22. The maximum absolute atomic E-state index is 11.1.